The van der Waals surface area contributed by atoms with Crippen LogP contribution in [0.25, 0.3) is 0 Å². The van der Waals surface area contributed by atoms with E-state index in [4.69, 9.17) is 0 Å². The molecule has 3 nitrogen and oxygen atoms in total. The molecule has 1 aromatic rings. The highest BCUT2D eigenvalue weighted by molar-refractivity contribution is 5.83. The predicted octanol–water partition coefficient (Wildman–Crippen LogP) is 1.80. The normalized spacial score (nSPS) is 29.8. The van der Waals surface area contributed by atoms with Gasteiger partial charge in [-0.1, -0.05) is 12.1 Å². The fraction of sp³-hybridized carbons (Fsp3) is 0.533. The monoisotopic (exact) mass is 262 g/mol. The van der Waals surface area contributed by atoms with E-state index in [1.165, 1.54) is 12.1 Å². The highest BCUT2D eigenvalue weighted by Gasteiger charge is 2.44. The van der Waals surface area contributed by atoms with Crippen molar-refractivity contribution in [3.63, 3.8) is 0 Å². The average Bonchev–Trinajstić information content (AvgIpc) is 3.21. The van der Waals surface area contributed by atoms with Crippen LogP contribution >= 0.6 is 0 Å². The van der Waals surface area contributed by atoms with Gasteiger partial charge in [0.2, 0.25) is 5.91 Å². The van der Waals surface area contributed by atoms with E-state index in [0.29, 0.717) is 0 Å². The largest absolute Gasteiger partial charge is 0.352 e. The summed E-state index contributed by atoms with van der Waals surface area (Å²) in [6.45, 7) is 1.92. The number of carbonyl (C=O) groups is 1. The van der Waals surface area contributed by atoms with Gasteiger partial charge in [-0.2, -0.15) is 0 Å². The Morgan fingerprint density at radius 1 is 1.32 bits per heavy atom. The molecule has 0 radical (unpaired) electrons. The number of piperidine rings is 1. The third-order valence-electron chi connectivity index (χ3n) is 4.07. The summed E-state index contributed by atoms with van der Waals surface area (Å²) in [6.07, 6.45) is 3.07. The summed E-state index contributed by atoms with van der Waals surface area (Å²) in [4.78, 5) is 12.1. The lowest BCUT2D eigenvalue weighted by atomic mass is 10.1. The highest BCUT2D eigenvalue weighted by atomic mass is 19.1. The summed E-state index contributed by atoms with van der Waals surface area (Å²) in [5.74, 6) is 0.284. The molecule has 4 heteroatoms. The van der Waals surface area contributed by atoms with Gasteiger partial charge in [-0.25, -0.2) is 4.39 Å². The van der Waals surface area contributed by atoms with E-state index in [1.807, 2.05) is 0 Å². The maximum absolute atomic E-state index is 12.8. The fourth-order valence-corrected chi connectivity index (χ4v) is 2.85. The molecule has 0 spiro atoms. The second kappa shape index (κ2) is 5.29. The molecule has 1 aliphatic carbocycles. The van der Waals surface area contributed by atoms with Crippen LogP contribution in [0.3, 0.4) is 0 Å². The van der Waals surface area contributed by atoms with Gasteiger partial charge in [0.25, 0.3) is 0 Å². The van der Waals surface area contributed by atoms with Crippen LogP contribution in [-0.2, 0) is 4.79 Å². The average molecular weight is 262 g/mol. The topological polar surface area (TPSA) is 41.1 Å². The lowest BCUT2D eigenvalue weighted by Crippen LogP contribution is -2.46. The summed E-state index contributed by atoms with van der Waals surface area (Å²) in [7, 11) is 0. The molecule has 0 bridgehead atoms. The van der Waals surface area contributed by atoms with E-state index < -0.39 is 0 Å². The molecule has 2 fully saturated rings. The number of amides is 1. The van der Waals surface area contributed by atoms with Gasteiger partial charge in [0.15, 0.2) is 0 Å². The molecule has 2 aliphatic rings. The Morgan fingerprint density at radius 2 is 2.11 bits per heavy atom. The SMILES string of the molecule is O=C(NC1CCCNC1)C1CC1c1ccc(F)cc1. The van der Waals surface area contributed by atoms with Crippen molar-refractivity contribution in [1.29, 1.82) is 0 Å². The molecule has 1 saturated carbocycles. The Balaban J connectivity index is 1.54. The van der Waals surface area contributed by atoms with Crippen LogP contribution in [0, 0.1) is 11.7 Å². The molecular formula is C15H19FN2O. The minimum absolute atomic E-state index is 0.0763. The second-order valence-corrected chi connectivity index (χ2v) is 5.55. The van der Waals surface area contributed by atoms with Gasteiger partial charge in [0, 0.05) is 18.5 Å². The number of benzene rings is 1. The fourth-order valence-electron chi connectivity index (χ4n) is 2.85. The molecule has 1 saturated heterocycles. The molecule has 102 valence electrons. The van der Waals surface area contributed by atoms with Gasteiger partial charge in [-0.3, -0.25) is 4.79 Å². The Morgan fingerprint density at radius 3 is 2.79 bits per heavy atom. The lowest BCUT2D eigenvalue weighted by molar-refractivity contribution is -0.123. The van der Waals surface area contributed by atoms with Crippen molar-refractivity contribution in [2.24, 2.45) is 5.92 Å². The van der Waals surface area contributed by atoms with Gasteiger partial charge < -0.3 is 10.6 Å². The summed E-state index contributed by atoms with van der Waals surface area (Å²) in [5, 5.41) is 6.41. The van der Waals surface area contributed by atoms with Gasteiger partial charge >= 0.3 is 0 Å². The first-order chi connectivity index (χ1) is 9.24. The first-order valence-electron chi connectivity index (χ1n) is 7.00. The van der Waals surface area contributed by atoms with Crippen LogP contribution in [0.15, 0.2) is 24.3 Å². The molecule has 19 heavy (non-hydrogen) atoms. The van der Waals surface area contributed by atoms with Crippen molar-refractivity contribution in [3.05, 3.63) is 35.6 Å². The third-order valence-corrected chi connectivity index (χ3v) is 4.07. The third kappa shape index (κ3) is 2.95. The lowest BCUT2D eigenvalue weighted by Gasteiger charge is -2.23. The number of hydrogen-bond acceptors (Lipinski definition) is 2. The molecule has 1 aromatic carbocycles. The maximum Gasteiger partial charge on any atom is 0.224 e. The molecule has 0 aromatic heterocycles. The van der Waals surface area contributed by atoms with Crippen molar-refractivity contribution < 1.29 is 9.18 Å². The first kappa shape index (κ1) is 12.6. The van der Waals surface area contributed by atoms with Crippen molar-refractivity contribution in [1.82, 2.24) is 10.6 Å². The van der Waals surface area contributed by atoms with Gasteiger partial charge in [-0.15, -0.1) is 0 Å². The molecule has 1 heterocycles. The number of hydrogen-bond donors (Lipinski definition) is 2. The van der Waals surface area contributed by atoms with Crippen LogP contribution in [0.2, 0.25) is 0 Å². The molecule has 3 atom stereocenters. The minimum atomic E-state index is -0.223. The summed E-state index contributed by atoms with van der Waals surface area (Å²) in [6, 6.07) is 6.78. The zero-order chi connectivity index (χ0) is 13.2. The van der Waals surface area contributed by atoms with Crippen LogP contribution in [0.4, 0.5) is 4.39 Å². The standard InChI is InChI=1S/C15H19FN2O/c16-11-5-3-10(4-6-11)13-8-14(13)15(19)18-12-2-1-7-17-9-12/h3-6,12-14,17H,1-2,7-9H2,(H,18,19). The van der Waals surface area contributed by atoms with Gasteiger partial charge in [-0.05, 0) is 49.4 Å². The van der Waals surface area contributed by atoms with Gasteiger partial charge in [0.1, 0.15) is 5.82 Å². The summed E-state index contributed by atoms with van der Waals surface area (Å²) in [5.41, 5.74) is 1.07. The van der Waals surface area contributed by atoms with Crippen LogP contribution < -0.4 is 10.6 Å². The van der Waals surface area contributed by atoms with E-state index in [9.17, 15) is 9.18 Å². The zero-order valence-corrected chi connectivity index (χ0v) is 10.9. The number of nitrogens with one attached hydrogen (secondary N) is 2. The number of carbonyl (C=O) groups excluding carboxylic acids is 1. The van der Waals surface area contributed by atoms with Crippen molar-refractivity contribution >= 4 is 5.91 Å². The van der Waals surface area contributed by atoms with E-state index in [2.05, 4.69) is 10.6 Å². The van der Waals surface area contributed by atoms with Crippen LogP contribution in [0.5, 0.6) is 0 Å². The molecule has 3 unspecified atom stereocenters. The van der Waals surface area contributed by atoms with E-state index in [0.717, 1.165) is 37.9 Å². The molecule has 2 N–H and O–H groups in total. The Hall–Kier alpha value is -1.42. The first-order valence-corrected chi connectivity index (χ1v) is 7.00. The number of rotatable bonds is 3. The van der Waals surface area contributed by atoms with Crippen molar-refractivity contribution in [3.8, 4) is 0 Å². The van der Waals surface area contributed by atoms with Crippen molar-refractivity contribution in [2.45, 2.75) is 31.2 Å². The molecule has 1 amide bonds. The van der Waals surface area contributed by atoms with Crippen LogP contribution in [-0.4, -0.2) is 25.0 Å². The van der Waals surface area contributed by atoms with E-state index in [1.54, 1.807) is 12.1 Å². The summed E-state index contributed by atoms with van der Waals surface area (Å²) < 4.78 is 12.8. The predicted molar refractivity (Wildman–Crippen MR) is 71.3 cm³/mol. The van der Waals surface area contributed by atoms with E-state index in [-0.39, 0.29) is 29.6 Å². The molecular weight excluding hydrogens is 243 g/mol. The van der Waals surface area contributed by atoms with Crippen LogP contribution in [0.1, 0.15) is 30.7 Å². The van der Waals surface area contributed by atoms with Crippen molar-refractivity contribution in [2.75, 3.05) is 13.1 Å². The quantitative estimate of drug-likeness (QED) is 0.872. The smallest absolute Gasteiger partial charge is 0.224 e. The minimum Gasteiger partial charge on any atom is -0.352 e. The van der Waals surface area contributed by atoms with Gasteiger partial charge in [0.05, 0.1) is 0 Å². The zero-order valence-electron chi connectivity index (χ0n) is 10.9. The summed E-state index contributed by atoms with van der Waals surface area (Å²) >= 11 is 0. The van der Waals surface area contributed by atoms with E-state index >= 15 is 0 Å². The second-order valence-electron chi connectivity index (χ2n) is 5.55. The Kier molecular flexibility index (Phi) is 3.51. The Bertz CT molecular complexity index is 454. The molecule has 3 rings (SSSR count). The Labute approximate surface area is 112 Å². The maximum atomic E-state index is 12.8. The molecule has 1 aliphatic heterocycles. The number of halogens is 1. The highest BCUT2D eigenvalue weighted by Crippen LogP contribution is 2.47.